The largest absolute Gasteiger partial charge is 0.394 e. The summed E-state index contributed by atoms with van der Waals surface area (Å²) < 4.78 is 5.43. The van der Waals surface area contributed by atoms with E-state index in [0.29, 0.717) is 0 Å². The first-order chi connectivity index (χ1) is 9.72. The molecule has 0 aliphatic rings. The van der Waals surface area contributed by atoms with Gasteiger partial charge in [0.2, 0.25) is 0 Å². The van der Waals surface area contributed by atoms with Gasteiger partial charge in [-0.25, -0.2) is 0 Å². The average Bonchev–Trinajstić information content (AvgIpc) is 2.52. The van der Waals surface area contributed by atoms with Gasteiger partial charge in [0.05, 0.1) is 18.8 Å². The van der Waals surface area contributed by atoms with Crippen LogP contribution in [0, 0.1) is 0 Å². The number of nitrogens with zero attached hydrogens (tertiary/aromatic N) is 1. The normalized spacial score (nSPS) is 14.4. The highest BCUT2D eigenvalue weighted by atomic mass is 16.5. The molecule has 1 unspecified atom stereocenters. The van der Waals surface area contributed by atoms with Crippen LogP contribution in [0.15, 0.2) is 30.3 Å². The van der Waals surface area contributed by atoms with Gasteiger partial charge >= 0.3 is 0 Å². The van der Waals surface area contributed by atoms with E-state index in [1.807, 2.05) is 32.2 Å². The lowest BCUT2D eigenvalue weighted by Gasteiger charge is -2.37. The molecule has 0 saturated carbocycles. The van der Waals surface area contributed by atoms with Gasteiger partial charge in [-0.15, -0.1) is 0 Å². The van der Waals surface area contributed by atoms with Crippen LogP contribution < -0.4 is 5.32 Å². The zero-order valence-electron chi connectivity index (χ0n) is 12.9. The van der Waals surface area contributed by atoms with E-state index in [-0.39, 0.29) is 6.61 Å². The first-order valence-electron chi connectivity index (χ1n) is 7.37. The molecule has 1 aromatic carbocycles. The second kappa shape index (κ2) is 9.08. The Balaban J connectivity index is 2.79. The second-order valence-electron chi connectivity index (χ2n) is 4.92. The van der Waals surface area contributed by atoms with Crippen LogP contribution in [0.1, 0.15) is 19.4 Å². The number of rotatable bonds is 10. The predicted octanol–water partition coefficient (Wildman–Crippen LogP) is 1.45. The van der Waals surface area contributed by atoms with Crippen molar-refractivity contribution in [2.45, 2.75) is 19.4 Å². The van der Waals surface area contributed by atoms with E-state index in [2.05, 4.69) is 29.3 Å². The van der Waals surface area contributed by atoms with Crippen molar-refractivity contribution in [3.63, 3.8) is 0 Å². The summed E-state index contributed by atoms with van der Waals surface area (Å²) in [4.78, 5) is 2.30. The van der Waals surface area contributed by atoms with Gasteiger partial charge in [0.1, 0.15) is 0 Å². The molecule has 0 aromatic heterocycles. The molecule has 0 heterocycles. The molecule has 1 aromatic rings. The number of likely N-dealkylation sites (N-methyl/N-ethyl adjacent to an activating group) is 2. The van der Waals surface area contributed by atoms with Crippen LogP contribution in [0.4, 0.5) is 0 Å². The van der Waals surface area contributed by atoms with Crippen molar-refractivity contribution in [1.29, 1.82) is 0 Å². The zero-order valence-corrected chi connectivity index (χ0v) is 12.9. The Labute approximate surface area is 122 Å². The molecule has 0 spiro atoms. The molecule has 0 fully saturated rings. The lowest BCUT2D eigenvalue weighted by molar-refractivity contribution is 0.0796. The second-order valence-corrected chi connectivity index (χ2v) is 4.92. The summed E-state index contributed by atoms with van der Waals surface area (Å²) in [6, 6.07) is 10.1. The molecule has 1 atom stereocenters. The maximum Gasteiger partial charge on any atom is 0.0795 e. The van der Waals surface area contributed by atoms with Crippen molar-refractivity contribution in [1.82, 2.24) is 10.2 Å². The van der Waals surface area contributed by atoms with Crippen molar-refractivity contribution >= 4 is 0 Å². The Morgan fingerprint density at radius 1 is 1.25 bits per heavy atom. The monoisotopic (exact) mass is 280 g/mol. The Morgan fingerprint density at radius 2 is 1.95 bits per heavy atom. The molecule has 0 aliphatic carbocycles. The van der Waals surface area contributed by atoms with Crippen LogP contribution in [-0.2, 0) is 10.3 Å². The summed E-state index contributed by atoms with van der Waals surface area (Å²) in [6.07, 6.45) is 0. The SMILES string of the molecule is CCOCCN(CC)CC(CO)(NC)c1ccccc1. The van der Waals surface area contributed by atoms with E-state index in [0.717, 1.165) is 38.4 Å². The standard InChI is InChI=1S/C16H28N2O2/c1-4-18(11-12-20-5-2)13-16(14-19,17-3)15-9-7-6-8-10-15/h6-10,17,19H,4-5,11-14H2,1-3H3. The van der Waals surface area contributed by atoms with Gasteiger partial charge in [-0.2, -0.15) is 0 Å². The molecule has 114 valence electrons. The quantitative estimate of drug-likeness (QED) is 0.637. The van der Waals surface area contributed by atoms with Crippen LogP contribution in [0.25, 0.3) is 0 Å². The molecule has 4 heteroatoms. The molecular weight excluding hydrogens is 252 g/mol. The number of aliphatic hydroxyl groups is 1. The first kappa shape index (κ1) is 17.1. The van der Waals surface area contributed by atoms with Crippen molar-refractivity contribution in [2.75, 3.05) is 46.5 Å². The first-order valence-corrected chi connectivity index (χ1v) is 7.37. The number of nitrogens with one attached hydrogen (secondary N) is 1. The summed E-state index contributed by atoms with van der Waals surface area (Å²) in [5, 5.41) is 13.2. The summed E-state index contributed by atoms with van der Waals surface area (Å²) in [6.45, 7) is 8.24. The van der Waals surface area contributed by atoms with E-state index < -0.39 is 5.54 Å². The molecule has 1 rings (SSSR count). The third kappa shape index (κ3) is 4.56. The number of aliphatic hydroxyl groups excluding tert-OH is 1. The van der Waals surface area contributed by atoms with Crippen LogP contribution in [0.2, 0.25) is 0 Å². The molecule has 20 heavy (non-hydrogen) atoms. The van der Waals surface area contributed by atoms with E-state index in [9.17, 15) is 5.11 Å². The van der Waals surface area contributed by atoms with Crippen LogP contribution in [0.3, 0.4) is 0 Å². The van der Waals surface area contributed by atoms with Gasteiger partial charge in [0, 0.05) is 19.7 Å². The van der Waals surface area contributed by atoms with Crippen LogP contribution >= 0.6 is 0 Å². The maximum atomic E-state index is 9.93. The van der Waals surface area contributed by atoms with Crippen LogP contribution in [0.5, 0.6) is 0 Å². The molecule has 0 radical (unpaired) electrons. The number of benzene rings is 1. The van der Waals surface area contributed by atoms with Crippen molar-refractivity contribution < 1.29 is 9.84 Å². The minimum Gasteiger partial charge on any atom is -0.394 e. The zero-order chi connectivity index (χ0) is 14.8. The molecule has 0 bridgehead atoms. The lowest BCUT2D eigenvalue weighted by Crippen LogP contribution is -2.52. The molecule has 2 N–H and O–H groups in total. The predicted molar refractivity (Wildman–Crippen MR) is 82.9 cm³/mol. The Morgan fingerprint density at radius 3 is 2.45 bits per heavy atom. The van der Waals surface area contributed by atoms with Gasteiger partial charge in [-0.1, -0.05) is 37.3 Å². The van der Waals surface area contributed by atoms with Gasteiger partial charge in [-0.05, 0) is 26.1 Å². The lowest BCUT2D eigenvalue weighted by atomic mass is 9.90. The van der Waals surface area contributed by atoms with E-state index >= 15 is 0 Å². The minimum atomic E-state index is -0.427. The van der Waals surface area contributed by atoms with Crippen molar-refractivity contribution in [3.05, 3.63) is 35.9 Å². The van der Waals surface area contributed by atoms with Gasteiger partial charge in [0.15, 0.2) is 0 Å². The molecule has 0 saturated heterocycles. The maximum absolute atomic E-state index is 9.93. The fourth-order valence-electron chi connectivity index (χ4n) is 2.36. The summed E-state index contributed by atoms with van der Waals surface area (Å²) in [5.74, 6) is 0. The summed E-state index contributed by atoms with van der Waals surface area (Å²) >= 11 is 0. The van der Waals surface area contributed by atoms with Gasteiger partial charge < -0.3 is 15.2 Å². The Kier molecular flexibility index (Phi) is 7.77. The number of hydrogen-bond donors (Lipinski definition) is 2. The molecule has 0 aliphatic heterocycles. The summed E-state index contributed by atoms with van der Waals surface area (Å²) in [7, 11) is 1.90. The highest BCUT2D eigenvalue weighted by Gasteiger charge is 2.31. The summed E-state index contributed by atoms with van der Waals surface area (Å²) in [5.41, 5.74) is 0.684. The van der Waals surface area contributed by atoms with Gasteiger partial charge in [-0.3, -0.25) is 4.90 Å². The van der Waals surface area contributed by atoms with Gasteiger partial charge in [0.25, 0.3) is 0 Å². The van der Waals surface area contributed by atoms with Crippen molar-refractivity contribution in [2.24, 2.45) is 0 Å². The Bertz CT molecular complexity index is 353. The van der Waals surface area contributed by atoms with E-state index in [1.54, 1.807) is 0 Å². The fourth-order valence-corrected chi connectivity index (χ4v) is 2.36. The van der Waals surface area contributed by atoms with E-state index in [1.165, 1.54) is 0 Å². The highest BCUT2D eigenvalue weighted by Crippen LogP contribution is 2.21. The molecule has 4 nitrogen and oxygen atoms in total. The third-order valence-electron chi connectivity index (χ3n) is 3.77. The highest BCUT2D eigenvalue weighted by molar-refractivity contribution is 5.25. The van der Waals surface area contributed by atoms with Crippen LogP contribution in [-0.4, -0.2) is 56.5 Å². The Hall–Kier alpha value is -0.940. The third-order valence-corrected chi connectivity index (χ3v) is 3.77. The minimum absolute atomic E-state index is 0.0681. The number of hydrogen-bond acceptors (Lipinski definition) is 4. The molecular formula is C16H28N2O2. The molecule has 0 amide bonds. The average molecular weight is 280 g/mol. The van der Waals surface area contributed by atoms with E-state index in [4.69, 9.17) is 4.74 Å². The number of ether oxygens (including phenoxy) is 1. The fraction of sp³-hybridized carbons (Fsp3) is 0.625. The topological polar surface area (TPSA) is 44.7 Å². The smallest absolute Gasteiger partial charge is 0.0795 e. The van der Waals surface area contributed by atoms with Crippen molar-refractivity contribution in [3.8, 4) is 0 Å².